The van der Waals surface area contributed by atoms with E-state index in [1.165, 1.54) is 44.6 Å². The highest BCUT2D eigenvalue weighted by Gasteiger charge is 2.20. The van der Waals surface area contributed by atoms with Crippen LogP contribution in [-0.2, 0) is 18.9 Å². The van der Waals surface area contributed by atoms with Crippen molar-refractivity contribution in [1.82, 2.24) is 0 Å². The van der Waals surface area contributed by atoms with E-state index in [2.05, 4.69) is 31.9 Å². The second-order valence-electron chi connectivity index (χ2n) is 8.44. The van der Waals surface area contributed by atoms with Crippen LogP contribution >= 0.6 is 88.9 Å². The van der Waals surface area contributed by atoms with Crippen molar-refractivity contribution in [2.75, 3.05) is 20.5 Å². The Morgan fingerprint density at radius 2 is 0.932 bits per heavy atom. The molecule has 0 bridgehead atoms. The van der Waals surface area contributed by atoms with Gasteiger partial charge >= 0.3 is 0 Å². The summed E-state index contributed by atoms with van der Waals surface area (Å²) in [6.45, 7) is 0. The average molecular weight is 873 g/mol. The Balaban J connectivity index is 0.000000240. The number of sulfone groups is 1. The monoisotopic (exact) mass is 868 g/mol. The molecule has 0 aliphatic heterocycles. The maximum Gasteiger partial charge on any atom is 0.265 e. The quantitative estimate of drug-likeness (QED) is 0.161. The fraction of sp³-hybridized carbons (Fsp3) is 0.111. The molecule has 0 aliphatic carbocycles. The van der Waals surface area contributed by atoms with Gasteiger partial charge in [-0.15, -0.1) is 0 Å². The van der Waals surface area contributed by atoms with Gasteiger partial charge in [-0.2, -0.15) is 0 Å². The Morgan fingerprint density at radius 1 is 0.591 bits per heavy atom. The van der Waals surface area contributed by atoms with Gasteiger partial charge in [-0.25, -0.2) is 16.8 Å². The molecular formula is C27H19Br2Cl5O8S2. The van der Waals surface area contributed by atoms with E-state index in [9.17, 15) is 16.8 Å². The van der Waals surface area contributed by atoms with Gasteiger partial charge in [0.05, 0.1) is 34.3 Å². The van der Waals surface area contributed by atoms with E-state index < -0.39 is 18.9 Å². The normalized spacial score (nSPS) is 11.3. The molecule has 0 N–H and O–H groups in total. The zero-order valence-corrected chi connectivity index (χ0v) is 31.1. The number of ether oxygens (including phenoxy) is 4. The second-order valence-corrected chi connectivity index (χ2v) is 16.4. The number of hydrogen-bond donors (Lipinski definition) is 0. The lowest BCUT2D eigenvalue weighted by atomic mass is 10.3. The summed E-state index contributed by atoms with van der Waals surface area (Å²) in [6, 6.07) is 15.1. The van der Waals surface area contributed by atoms with E-state index in [1.807, 2.05) is 0 Å². The minimum atomic E-state index is -3.99. The van der Waals surface area contributed by atoms with Crippen molar-refractivity contribution in [3.63, 3.8) is 0 Å². The third-order valence-corrected chi connectivity index (χ3v) is 9.80. The van der Waals surface area contributed by atoms with Crippen LogP contribution in [0.2, 0.25) is 20.1 Å². The molecule has 0 saturated carbocycles. The largest absolute Gasteiger partial charge is 0.495 e. The Kier molecular flexibility index (Phi) is 12.8. The van der Waals surface area contributed by atoms with E-state index in [0.29, 0.717) is 19.0 Å². The number of methoxy groups -OCH3 is 2. The SMILES string of the molecule is COc1ccc(Oc2c(Cl)cc(Br)cc2Cl)cc1S(=O)(=O)Cl.COc1ccc(Oc2c(Cl)cc(Br)cc2Cl)cc1S(C)(=O)=O. The predicted molar refractivity (Wildman–Crippen MR) is 181 cm³/mol. The molecule has 0 saturated heterocycles. The summed E-state index contributed by atoms with van der Waals surface area (Å²) in [5.74, 6) is 1.28. The van der Waals surface area contributed by atoms with Crippen molar-refractivity contribution in [3.8, 4) is 34.5 Å². The van der Waals surface area contributed by atoms with Crippen molar-refractivity contribution >= 4 is 108 Å². The van der Waals surface area contributed by atoms with E-state index in [4.69, 9.17) is 76.0 Å². The zero-order chi connectivity index (χ0) is 33.0. The molecule has 0 spiro atoms. The van der Waals surface area contributed by atoms with Crippen LogP contribution < -0.4 is 18.9 Å². The number of benzene rings is 4. The van der Waals surface area contributed by atoms with Gasteiger partial charge in [-0.1, -0.05) is 78.3 Å². The minimum absolute atomic E-state index is 0.0249. The fourth-order valence-electron chi connectivity index (χ4n) is 3.41. The lowest BCUT2D eigenvalue weighted by Crippen LogP contribution is -2.01. The first-order valence-electron chi connectivity index (χ1n) is 11.6. The van der Waals surface area contributed by atoms with Crippen LogP contribution in [0.5, 0.6) is 34.5 Å². The van der Waals surface area contributed by atoms with Gasteiger partial charge in [0, 0.05) is 38.0 Å². The standard InChI is InChI=1S/C14H11BrCl2O4S.C13H8BrCl3O4S/c1-20-12-4-3-9(7-13(12)22(2,18)19)21-14-10(16)5-8(15)6-11(14)17;1-20-11-3-2-8(6-12(11)22(17,18)19)21-13-9(15)4-7(14)5-10(13)16/h3-7H,1-2H3;2-6H,1H3. The van der Waals surface area contributed by atoms with Crippen LogP contribution in [0.25, 0.3) is 0 Å². The summed E-state index contributed by atoms with van der Waals surface area (Å²) in [7, 11) is 0.653. The molecule has 236 valence electrons. The predicted octanol–water partition coefficient (Wildman–Crippen LogP) is 10.4. The molecule has 4 aromatic rings. The third-order valence-electron chi connectivity index (χ3n) is 5.30. The van der Waals surface area contributed by atoms with Crippen LogP contribution in [0, 0.1) is 0 Å². The Bertz CT molecular complexity index is 1740. The van der Waals surface area contributed by atoms with Crippen molar-refractivity contribution in [2.24, 2.45) is 0 Å². The van der Waals surface area contributed by atoms with Crippen molar-refractivity contribution in [2.45, 2.75) is 9.79 Å². The molecule has 0 radical (unpaired) electrons. The molecule has 0 aromatic heterocycles. The minimum Gasteiger partial charge on any atom is -0.495 e. The topological polar surface area (TPSA) is 105 Å². The number of hydrogen-bond acceptors (Lipinski definition) is 8. The molecule has 17 heteroatoms. The van der Waals surface area contributed by atoms with E-state index in [0.717, 1.165) is 6.26 Å². The first-order chi connectivity index (χ1) is 20.4. The lowest BCUT2D eigenvalue weighted by Gasteiger charge is -2.12. The van der Waals surface area contributed by atoms with Crippen LogP contribution in [0.4, 0.5) is 0 Å². The average Bonchev–Trinajstić information content (AvgIpc) is 2.92. The van der Waals surface area contributed by atoms with E-state index in [1.54, 1.807) is 30.3 Å². The molecule has 0 heterocycles. The van der Waals surface area contributed by atoms with Crippen molar-refractivity contribution < 1.29 is 35.8 Å². The molecule has 8 nitrogen and oxygen atoms in total. The molecule has 44 heavy (non-hydrogen) atoms. The number of rotatable bonds is 8. The van der Waals surface area contributed by atoms with Gasteiger partial charge in [0.1, 0.15) is 32.8 Å². The summed E-state index contributed by atoms with van der Waals surface area (Å²) < 4.78 is 69.3. The first kappa shape index (κ1) is 36.9. The molecule has 0 aliphatic rings. The van der Waals surface area contributed by atoms with Crippen LogP contribution in [0.15, 0.2) is 79.4 Å². The molecule has 0 amide bonds. The van der Waals surface area contributed by atoms with Gasteiger partial charge < -0.3 is 18.9 Å². The summed E-state index contributed by atoms with van der Waals surface area (Å²) in [6.07, 6.45) is 1.09. The van der Waals surface area contributed by atoms with E-state index in [-0.39, 0.29) is 54.3 Å². The Labute approximate surface area is 295 Å². The molecule has 4 aromatic carbocycles. The highest BCUT2D eigenvalue weighted by Crippen LogP contribution is 2.41. The van der Waals surface area contributed by atoms with Crippen molar-refractivity contribution in [3.05, 3.63) is 89.7 Å². The maximum atomic E-state index is 11.8. The van der Waals surface area contributed by atoms with Gasteiger partial charge in [0.2, 0.25) is 0 Å². The fourth-order valence-corrected chi connectivity index (χ4v) is 7.84. The highest BCUT2D eigenvalue weighted by atomic mass is 79.9. The van der Waals surface area contributed by atoms with Crippen LogP contribution in [0.1, 0.15) is 0 Å². The van der Waals surface area contributed by atoms with Gasteiger partial charge in [-0.05, 0) is 48.5 Å². The third kappa shape index (κ3) is 9.70. The van der Waals surface area contributed by atoms with Crippen LogP contribution in [-0.4, -0.2) is 37.3 Å². The van der Waals surface area contributed by atoms with Crippen molar-refractivity contribution in [1.29, 1.82) is 0 Å². The second kappa shape index (κ2) is 15.3. The zero-order valence-electron chi connectivity index (χ0n) is 22.5. The van der Waals surface area contributed by atoms with Gasteiger partial charge in [-0.3, -0.25) is 0 Å². The number of halogens is 7. The summed E-state index contributed by atoms with van der Waals surface area (Å²) >= 11 is 30.8. The van der Waals surface area contributed by atoms with E-state index >= 15 is 0 Å². The summed E-state index contributed by atoms with van der Waals surface area (Å²) in [4.78, 5) is -0.185. The Hall–Kier alpha value is -1.61. The highest BCUT2D eigenvalue weighted by molar-refractivity contribution is 9.10. The summed E-state index contributed by atoms with van der Waals surface area (Å²) in [5, 5.41) is 1.14. The van der Waals surface area contributed by atoms with Gasteiger partial charge in [0.25, 0.3) is 9.05 Å². The Morgan fingerprint density at radius 3 is 1.25 bits per heavy atom. The summed E-state index contributed by atoms with van der Waals surface area (Å²) in [5.41, 5.74) is 0. The van der Waals surface area contributed by atoms with Gasteiger partial charge in [0.15, 0.2) is 21.3 Å². The molecule has 0 fully saturated rings. The molecule has 0 unspecified atom stereocenters. The first-order valence-corrected chi connectivity index (χ1v) is 18.9. The molecule has 0 atom stereocenters. The molecular weight excluding hydrogens is 853 g/mol. The smallest absolute Gasteiger partial charge is 0.265 e. The molecule has 4 rings (SSSR count). The van der Waals surface area contributed by atoms with Crippen LogP contribution in [0.3, 0.4) is 0 Å². The lowest BCUT2D eigenvalue weighted by molar-refractivity contribution is 0.400. The maximum absolute atomic E-state index is 11.8.